The molecule has 0 unspecified atom stereocenters. The first-order valence-corrected chi connectivity index (χ1v) is 16.5. The molecule has 4 aromatic rings. The van der Waals surface area contributed by atoms with Gasteiger partial charge in [-0.25, -0.2) is 14.6 Å². The lowest BCUT2D eigenvalue weighted by Crippen LogP contribution is -2.55. The number of carbonyl (C=O) groups is 3. The minimum absolute atomic E-state index is 0.209. The zero-order valence-corrected chi connectivity index (χ0v) is 28.1. The number of alkyl halides is 3. The Morgan fingerprint density at radius 1 is 1.08 bits per heavy atom. The largest absolute Gasteiger partial charge is 0.433 e. The SMILES string of the molecule is C=C(CN1CCOCC1)C(=O)N[C@@H](C)c1cccc([C@@H]2c3cnn(-c4ccccc4)c3N(CC)C(=O)[C@H]2NC(=O)c2nccc(C(F)(F)F)n2)c1. The maximum atomic E-state index is 14.4. The summed E-state index contributed by atoms with van der Waals surface area (Å²) in [5.41, 5.74) is 1.75. The van der Waals surface area contributed by atoms with Crippen LogP contribution >= 0.6 is 0 Å². The van der Waals surface area contributed by atoms with Gasteiger partial charge in [0.15, 0.2) is 0 Å². The lowest BCUT2D eigenvalue weighted by Gasteiger charge is -2.38. The van der Waals surface area contributed by atoms with Crippen LogP contribution in [0, 0.1) is 0 Å². The molecule has 2 aliphatic heterocycles. The number of morpholine rings is 1. The van der Waals surface area contributed by atoms with Gasteiger partial charge in [-0.3, -0.25) is 24.2 Å². The molecule has 1 saturated heterocycles. The van der Waals surface area contributed by atoms with E-state index < -0.39 is 47.5 Å². The van der Waals surface area contributed by atoms with Gasteiger partial charge in [-0.05, 0) is 43.2 Å². The number of nitrogens with zero attached hydrogens (tertiary/aromatic N) is 6. The molecular formula is C36H37F3N8O4. The van der Waals surface area contributed by atoms with Gasteiger partial charge in [-0.2, -0.15) is 18.3 Å². The fourth-order valence-corrected chi connectivity index (χ4v) is 6.36. The summed E-state index contributed by atoms with van der Waals surface area (Å²) in [6.45, 7) is 10.8. The van der Waals surface area contributed by atoms with Crippen molar-refractivity contribution in [1.82, 2.24) is 35.3 Å². The number of amides is 3. The molecule has 2 aliphatic rings. The van der Waals surface area contributed by atoms with Crippen LogP contribution in [0.5, 0.6) is 0 Å². The first-order valence-electron chi connectivity index (χ1n) is 16.5. The molecule has 3 amide bonds. The molecule has 15 heteroatoms. The molecule has 266 valence electrons. The predicted octanol–water partition coefficient (Wildman–Crippen LogP) is 4.04. The van der Waals surface area contributed by atoms with Crippen molar-refractivity contribution in [2.45, 2.75) is 38.0 Å². The highest BCUT2D eigenvalue weighted by Gasteiger charge is 2.45. The van der Waals surface area contributed by atoms with Gasteiger partial charge in [0, 0.05) is 49.4 Å². The Bertz CT molecular complexity index is 1930. The number of hydrogen-bond donors (Lipinski definition) is 2. The van der Waals surface area contributed by atoms with Crippen LogP contribution in [0.3, 0.4) is 0 Å². The highest BCUT2D eigenvalue weighted by molar-refractivity contribution is 6.04. The average molecular weight is 703 g/mol. The minimum Gasteiger partial charge on any atom is -0.379 e. The lowest BCUT2D eigenvalue weighted by molar-refractivity contribution is -0.141. The van der Waals surface area contributed by atoms with E-state index in [1.54, 1.807) is 29.9 Å². The smallest absolute Gasteiger partial charge is 0.379 e. The third-order valence-electron chi connectivity index (χ3n) is 8.94. The number of nitrogens with one attached hydrogen (secondary N) is 2. The Labute approximate surface area is 292 Å². The summed E-state index contributed by atoms with van der Waals surface area (Å²) in [5, 5.41) is 10.3. The van der Waals surface area contributed by atoms with E-state index in [1.807, 2.05) is 49.4 Å². The normalized spacial score (nSPS) is 18.5. The van der Waals surface area contributed by atoms with Crippen LogP contribution in [-0.2, 0) is 20.5 Å². The molecule has 4 heterocycles. The van der Waals surface area contributed by atoms with Gasteiger partial charge in [0.1, 0.15) is 17.6 Å². The first kappa shape index (κ1) is 35.4. The first-order chi connectivity index (χ1) is 24.5. The molecule has 2 N–H and O–H groups in total. The van der Waals surface area contributed by atoms with Gasteiger partial charge in [0.05, 0.1) is 31.1 Å². The highest BCUT2D eigenvalue weighted by Crippen LogP contribution is 2.42. The molecule has 51 heavy (non-hydrogen) atoms. The van der Waals surface area contributed by atoms with Crippen LogP contribution in [0.4, 0.5) is 19.0 Å². The second-order valence-corrected chi connectivity index (χ2v) is 12.3. The van der Waals surface area contributed by atoms with Gasteiger partial charge >= 0.3 is 6.18 Å². The number of aromatic nitrogens is 4. The van der Waals surface area contributed by atoms with Gasteiger partial charge in [0.2, 0.25) is 11.7 Å². The van der Waals surface area contributed by atoms with Crippen LogP contribution in [0.15, 0.2) is 85.2 Å². The van der Waals surface area contributed by atoms with Crippen molar-refractivity contribution < 1.29 is 32.3 Å². The molecule has 1 fully saturated rings. The van der Waals surface area contributed by atoms with Crippen LogP contribution in [0.2, 0.25) is 0 Å². The van der Waals surface area contributed by atoms with E-state index in [2.05, 4.69) is 37.2 Å². The molecule has 12 nitrogen and oxygen atoms in total. The Morgan fingerprint density at radius 3 is 2.53 bits per heavy atom. The molecule has 3 atom stereocenters. The molecule has 0 aliphatic carbocycles. The zero-order chi connectivity index (χ0) is 36.3. The van der Waals surface area contributed by atoms with Crippen LogP contribution < -0.4 is 15.5 Å². The number of fused-ring (bicyclic) bond motifs is 1. The number of halogens is 3. The van der Waals surface area contributed by atoms with Crippen LogP contribution in [0.1, 0.15) is 58.8 Å². The van der Waals surface area contributed by atoms with Gasteiger partial charge < -0.3 is 15.4 Å². The second-order valence-electron chi connectivity index (χ2n) is 12.3. The van der Waals surface area contributed by atoms with Crippen LogP contribution in [-0.4, -0.2) is 87.8 Å². The number of ether oxygens (including phenoxy) is 1. The topological polar surface area (TPSA) is 135 Å². The minimum atomic E-state index is -4.80. The summed E-state index contributed by atoms with van der Waals surface area (Å²) >= 11 is 0. The molecular weight excluding hydrogens is 665 g/mol. The highest BCUT2D eigenvalue weighted by atomic mass is 19.4. The van der Waals surface area contributed by atoms with Crippen molar-refractivity contribution in [2.75, 3.05) is 44.3 Å². The summed E-state index contributed by atoms with van der Waals surface area (Å²) in [7, 11) is 0. The zero-order valence-electron chi connectivity index (χ0n) is 28.1. The summed E-state index contributed by atoms with van der Waals surface area (Å²) < 4.78 is 47.4. The Kier molecular flexibility index (Phi) is 10.3. The third kappa shape index (κ3) is 7.54. The van der Waals surface area contributed by atoms with Crippen molar-refractivity contribution in [2.24, 2.45) is 0 Å². The van der Waals surface area contributed by atoms with Crippen molar-refractivity contribution in [1.29, 1.82) is 0 Å². The molecule has 2 aromatic carbocycles. The van der Waals surface area contributed by atoms with E-state index in [0.717, 1.165) is 6.20 Å². The fraction of sp³-hybridized carbons (Fsp3) is 0.333. The Hall–Kier alpha value is -5.41. The van der Waals surface area contributed by atoms with E-state index >= 15 is 0 Å². The van der Waals surface area contributed by atoms with Crippen molar-refractivity contribution in [3.63, 3.8) is 0 Å². The predicted molar refractivity (Wildman–Crippen MR) is 181 cm³/mol. The third-order valence-corrected chi connectivity index (χ3v) is 8.94. The summed E-state index contributed by atoms with van der Waals surface area (Å²) in [5.74, 6) is -2.92. The number of carbonyl (C=O) groups excluding carboxylic acids is 3. The van der Waals surface area contributed by atoms with E-state index in [9.17, 15) is 27.6 Å². The van der Waals surface area contributed by atoms with E-state index in [0.29, 0.717) is 72.7 Å². The quantitative estimate of drug-likeness (QED) is 0.237. The summed E-state index contributed by atoms with van der Waals surface area (Å²) in [6, 6.07) is 15.4. The van der Waals surface area contributed by atoms with Gasteiger partial charge in [-0.1, -0.05) is 49.0 Å². The number of para-hydroxylation sites is 1. The number of anilines is 1. The molecule has 0 radical (unpaired) electrons. The summed E-state index contributed by atoms with van der Waals surface area (Å²) in [6.07, 6.45) is -2.34. The summed E-state index contributed by atoms with van der Waals surface area (Å²) in [4.78, 5) is 51.8. The van der Waals surface area contributed by atoms with Crippen molar-refractivity contribution in [3.8, 4) is 5.69 Å². The second kappa shape index (κ2) is 14.8. The Morgan fingerprint density at radius 2 is 1.82 bits per heavy atom. The maximum absolute atomic E-state index is 14.4. The number of hydrogen-bond acceptors (Lipinski definition) is 8. The van der Waals surface area contributed by atoms with Crippen LogP contribution in [0.25, 0.3) is 5.69 Å². The van der Waals surface area contributed by atoms with Crippen molar-refractivity contribution in [3.05, 3.63) is 113 Å². The number of likely N-dealkylation sites (N-methyl/N-ethyl adjacent to an activating group) is 1. The van der Waals surface area contributed by atoms with E-state index in [1.165, 1.54) is 4.90 Å². The van der Waals surface area contributed by atoms with Gasteiger partial charge in [0.25, 0.3) is 11.8 Å². The average Bonchev–Trinajstić information content (AvgIpc) is 3.57. The number of benzene rings is 2. The molecule has 2 aromatic heterocycles. The number of rotatable bonds is 10. The molecule has 0 spiro atoms. The molecule has 6 rings (SSSR count). The standard InChI is InChI=1S/C36H37F3N8O4/c1-4-46-34-27(20-41-47(34)26-11-6-5-7-12-26)29(30(35(46)50)44-33(49)31-40-14-13-28(43-31)36(37,38)39)25-10-8-9-24(19-25)23(3)42-32(48)22(2)21-45-15-17-51-18-16-45/h5-14,19-20,23,29-30H,2,4,15-18,21H2,1,3H3,(H,42,48)(H,44,49)/t23-,29+,30-/m0/s1. The lowest BCUT2D eigenvalue weighted by atomic mass is 9.81. The molecule has 0 saturated carbocycles. The van der Waals surface area contributed by atoms with E-state index in [-0.39, 0.29) is 12.5 Å². The monoisotopic (exact) mass is 702 g/mol. The molecule has 0 bridgehead atoms. The van der Waals surface area contributed by atoms with Crippen molar-refractivity contribution >= 4 is 23.5 Å². The van der Waals surface area contributed by atoms with Gasteiger partial charge in [-0.15, -0.1) is 0 Å². The van der Waals surface area contributed by atoms with E-state index in [4.69, 9.17) is 4.74 Å². The fourth-order valence-electron chi connectivity index (χ4n) is 6.36. The Balaban J connectivity index is 1.35. The maximum Gasteiger partial charge on any atom is 0.433 e.